The van der Waals surface area contributed by atoms with E-state index in [0.717, 1.165) is 33.3 Å². The Labute approximate surface area is 174 Å². The standard InChI is InChI=1S/C24H23N3O3/c1-14-4-6-19-21(11-14)27(18-9-15(2)8-16(3)10-18)24(30)23(19)26-25-20-7-5-17(13-28)12-22(20)29/h4-12,28-30H,13H2,1-3H3. The first kappa shape index (κ1) is 19.7. The number of hydrogen-bond acceptors (Lipinski definition) is 5. The van der Waals surface area contributed by atoms with Crippen molar-refractivity contribution < 1.29 is 15.3 Å². The van der Waals surface area contributed by atoms with Crippen LogP contribution in [-0.2, 0) is 6.61 Å². The highest BCUT2D eigenvalue weighted by molar-refractivity contribution is 5.96. The van der Waals surface area contributed by atoms with Crippen LogP contribution in [0.5, 0.6) is 11.6 Å². The summed E-state index contributed by atoms with van der Waals surface area (Å²) < 4.78 is 1.77. The van der Waals surface area contributed by atoms with Gasteiger partial charge in [-0.25, -0.2) is 0 Å². The minimum absolute atomic E-state index is 0.0178. The lowest BCUT2D eigenvalue weighted by molar-refractivity contribution is 0.281. The predicted molar refractivity (Wildman–Crippen MR) is 117 cm³/mol. The Morgan fingerprint density at radius 1 is 0.800 bits per heavy atom. The van der Waals surface area contributed by atoms with Gasteiger partial charge >= 0.3 is 0 Å². The SMILES string of the molecule is Cc1cc(C)cc(-n2c(O)c(N=Nc3ccc(CO)cc3O)c3ccc(C)cc32)c1. The number of aryl methyl sites for hydroxylation is 3. The molecule has 0 bridgehead atoms. The van der Waals surface area contributed by atoms with Crippen LogP contribution in [0.1, 0.15) is 22.3 Å². The van der Waals surface area contributed by atoms with Crippen LogP contribution in [0.4, 0.5) is 11.4 Å². The van der Waals surface area contributed by atoms with Crippen molar-refractivity contribution in [2.75, 3.05) is 0 Å². The second kappa shape index (κ2) is 7.65. The number of nitrogens with zero attached hydrogens (tertiary/aromatic N) is 3. The highest BCUT2D eigenvalue weighted by atomic mass is 16.3. The molecule has 30 heavy (non-hydrogen) atoms. The second-order valence-corrected chi connectivity index (χ2v) is 7.56. The van der Waals surface area contributed by atoms with Gasteiger partial charge in [-0.2, -0.15) is 0 Å². The smallest absolute Gasteiger partial charge is 0.225 e. The fraction of sp³-hybridized carbons (Fsp3) is 0.167. The molecular formula is C24H23N3O3. The molecule has 0 aliphatic carbocycles. The van der Waals surface area contributed by atoms with Crippen LogP contribution in [0, 0.1) is 20.8 Å². The monoisotopic (exact) mass is 401 g/mol. The maximum Gasteiger partial charge on any atom is 0.225 e. The third-order valence-corrected chi connectivity index (χ3v) is 5.02. The van der Waals surface area contributed by atoms with Gasteiger partial charge in [0.2, 0.25) is 5.88 Å². The zero-order valence-electron chi connectivity index (χ0n) is 17.1. The van der Waals surface area contributed by atoms with Crippen LogP contribution in [0.25, 0.3) is 16.6 Å². The van der Waals surface area contributed by atoms with Crippen LogP contribution in [0.15, 0.2) is 64.8 Å². The van der Waals surface area contributed by atoms with E-state index < -0.39 is 0 Å². The molecule has 0 spiro atoms. The Bertz CT molecular complexity index is 1270. The van der Waals surface area contributed by atoms with E-state index in [-0.39, 0.29) is 23.9 Å². The Kier molecular flexibility index (Phi) is 5.01. The summed E-state index contributed by atoms with van der Waals surface area (Å²) in [6.45, 7) is 5.86. The quantitative estimate of drug-likeness (QED) is 0.373. The molecule has 1 aromatic heterocycles. The summed E-state index contributed by atoms with van der Waals surface area (Å²) in [7, 11) is 0. The van der Waals surface area contributed by atoms with Crippen LogP contribution in [0.2, 0.25) is 0 Å². The van der Waals surface area contributed by atoms with Crippen molar-refractivity contribution >= 4 is 22.3 Å². The van der Waals surface area contributed by atoms with Gasteiger partial charge in [0.1, 0.15) is 11.4 Å². The molecule has 6 nitrogen and oxygen atoms in total. The first-order valence-electron chi connectivity index (χ1n) is 9.64. The summed E-state index contributed by atoms with van der Waals surface area (Å²) >= 11 is 0. The van der Waals surface area contributed by atoms with Crippen molar-refractivity contribution in [3.05, 3.63) is 76.9 Å². The van der Waals surface area contributed by atoms with Gasteiger partial charge < -0.3 is 15.3 Å². The zero-order valence-corrected chi connectivity index (χ0v) is 17.1. The summed E-state index contributed by atoms with van der Waals surface area (Å²) in [6, 6.07) is 16.6. The van der Waals surface area contributed by atoms with Crippen LogP contribution in [-0.4, -0.2) is 19.9 Å². The summed E-state index contributed by atoms with van der Waals surface area (Å²) in [4.78, 5) is 0. The van der Waals surface area contributed by atoms with E-state index in [1.807, 2.05) is 51.1 Å². The molecule has 1 heterocycles. The maximum atomic E-state index is 11.1. The van der Waals surface area contributed by atoms with Crippen LogP contribution in [0.3, 0.4) is 0 Å². The molecular weight excluding hydrogens is 378 g/mol. The number of aliphatic hydroxyl groups excluding tert-OH is 1. The number of phenols is 1. The molecule has 0 saturated carbocycles. The molecule has 3 N–H and O–H groups in total. The number of hydrogen-bond donors (Lipinski definition) is 3. The molecule has 6 heteroatoms. The highest BCUT2D eigenvalue weighted by Crippen LogP contribution is 2.42. The topological polar surface area (TPSA) is 90.3 Å². The Morgan fingerprint density at radius 2 is 1.53 bits per heavy atom. The first-order valence-corrected chi connectivity index (χ1v) is 9.64. The summed E-state index contributed by atoms with van der Waals surface area (Å²) in [5, 5.41) is 39.6. The summed E-state index contributed by atoms with van der Waals surface area (Å²) in [6.07, 6.45) is 0. The average Bonchev–Trinajstić information content (AvgIpc) is 2.96. The van der Waals surface area contributed by atoms with Gasteiger partial charge in [0.15, 0.2) is 5.69 Å². The number of rotatable bonds is 4. The molecule has 0 radical (unpaired) electrons. The van der Waals surface area contributed by atoms with Crippen molar-refractivity contribution in [2.24, 2.45) is 10.2 Å². The molecule has 0 aliphatic rings. The summed E-state index contributed by atoms with van der Waals surface area (Å²) in [5.74, 6) is -0.102. The molecule has 0 aliphatic heterocycles. The van der Waals surface area contributed by atoms with E-state index in [0.29, 0.717) is 11.3 Å². The molecule has 4 aromatic rings. The minimum atomic E-state index is -0.172. The first-order chi connectivity index (χ1) is 14.4. The molecule has 0 atom stereocenters. The lowest BCUT2D eigenvalue weighted by Crippen LogP contribution is -1.95. The van der Waals surface area contributed by atoms with Crippen molar-refractivity contribution in [2.45, 2.75) is 27.4 Å². The molecule has 3 aromatic carbocycles. The Hall–Kier alpha value is -3.64. The van der Waals surface area contributed by atoms with E-state index in [1.165, 1.54) is 6.07 Å². The lowest BCUT2D eigenvalue weighted by atomic mass is 10.1. The molecule has 0 saturated heterocycles. The van der Waals surface area contributed by atoms with E-state index in [2.05, 4.69) is 16.3 Å². The van der Waals surface area contributed by atoms with E-state index in [1.54, 1.807) is 16.7 Å². The number of aliphatic hydroxyl groups is 1. The van der Waals surface area contributed by atoms with Crippen molar-refractivity contribution in [3.8, 4) is 17.3 Å². The molecule has 0 fully saturated rings. The third kappa shape index (κ3) is 3.53. The molecule has 0 unspecified atom stereocenters. The van der Waals surface area contributed by atoms with E-state index in [4.69, 9.17) is 0 Å². The maximum absolute atomic E-state index is 11.1. The van der Waals surface area contributed by atoms with Crippen LogP contribution >= 0.6 is 0 Å². The van der Waals surface area contributed by atoms with E-state index in [9.17, 15) is 15.3 Å². The number of benzene rings is 3. The Balaban J connectivity index is 1.90. The number of azo groups is 1. The van der Waals surface area contributed by atoms with Crippen molar-refractivity contribution in [1.29, 1.82) is 0 Å². The van der Waals surface area contributed by atoms with Crippen LogP contribution < -0.4 is 0 Å². The average molecular weight is 401 g/mol. The molecule has 152 valence electrons. The fourth-order valence-electron chi connectivity index (χ4n) is 3.66. The molecule has 4 rings (SSSR count). The second-order valence-electron chi connectivity index (χ2n) is 7.56. The predicted octanol–water partition coefficient (Wildman–Crippen LogP) is 5.87. The lowest BCUT2D eigenvalue weighted by Gasteiger charge is -2.10. The van der Waals surface area contributed by atoms with Gasteiger partial charge in [0.25, 0.3) is 0 Å². The fourth-order valence-corrected chi connectivity index (χ4v) is 3.66. The van der Waals surface area contributed by atoms with Crippen molar-refractivity contribution in [1.82, 2.24) is 4.57 Å². The number of aromatic nitrogens is 1. The van der Waals surface area contributed by atoms with Gasteiger partial charge in [-0.3, -0.25) is 4.57 Å². The van der Waals surface area contributed by atoms with Gasteiger partial charge in [0, 0.05) is 11.1 Å². The van der Waals surface area contributed by atoms with Crippen molar-refractivity contribution in [3.63, 3.8) is 0 Å². The highest BCUT2D eigenvalue weighted by Gasteiger charge is 2.19. The number of phenolic OH excluding ortho intramolecular Hbond substituents is 1. The molecule has 0 amide bonds. The third-order valence-electron chi connectivity index (χ3n) is 5.02. The largest absolute Gasteiger partial charge is 0.506 e. The van der Waals surface area contributed by atoms with Gasteiger partial charge in [-0.1, -0.05) is 24.3 Å². The summed E-state index contributed by atoms with van der Waals surface area (Å²) in [5.41, 5.74) is 6.08. The normalized spacial score (nSPS) is 11.6. The van der Waals surface area contributed by atoms with Gasteiger partial charge in [-0.15, -0.1) is 10.2 Å². The van der Waals surface area contributed by atoms with Gasteiger partial charge in [0.05, 0.1) is 12.1 Å². The van der Waals surface area contributed by atoms with Gasteiger partial charge in [-0.05, 0) is 73.4 Å². The number of fused-ring (bicyclic) bond motifs is 1. The number of aromatic hydroxyl groups is 2. The zero-order chi connectivity index (χ0) is 21.4. The van der Waals surface area contributed by atoms with E-state index >= 15 is 0 Å². The Morgan fingerprint density at radius 3 is 2.20 bits per heavy atom. The minimum Gasteiger partial charge on any atom is -0.506 e.